The van der Waals surface area contributed by atoms with Crippen LogP contribution in [0.3, 0.4) is 0 Å². The van der Waals surface area contributed by atoms with Gasteiger partial charge in [-0.15, -0.1) is 0 Å². The van der Waals surface area contributed by atoms with Crippen molar-refractivity contribution >= 4 is 23.6 Å². The fraction of sp³-hybridized carbons (Fsp3) is 0.233. The van der Waals surface area contributed by atoms with E-state index >= 15 is 0 Å². The number of carboxylic acid groups (broad SMARTS) is 1. The van der Waals surface area contributed by atoms with Crippen LogP contribution in [0.25, 0.3) is 22.6 Å². The summed E-state index contributed by atoms with van der Waals surface area (Å²) in [6.45, 7) is 2.55. The molecule has 0 fully saturated rings. The van der Waals surface area contributed by atoms with Crippen LogP contribution in [-0.4, -0.2) is 34.9 Å². The molecular formula is C30H29LiN2O5S. The Morgan fingerprint density at radius 2 is 1.82 bits per heavy atom. The molecule has 0 aliphatic rings. The molecule has 7 nitrogen and oxygen atoms in total. The summed E-state index contributed by atoms with van der Waals surface area (Å²) in [7, 11) is 0. The second kappa shape index (κ2) is 14.8. The topological polar surface area (TPSA) is 104 Å². The summed E-state index contributed by atoms with van der Waals surface area (Å²) in [6.07, 6.45) is 3.89. The van der Waals surface area contributed by atoms with Crippen molar-refractivity contribution in [1.82, 2.24) is 10.3 Å². The van der Waals surface area contributed by atoms with E-state index in [1.807, 2.05) is 79.9 Å². The number of carbonyl (C=O) groups excluding carboxylic acids is 2. The summed E-state index contributed by atoms with van der Waals surface area (Å²) in [6, 6.07) is 21.5. The summed E-state index contributed by atoms with van der Waals surface area (Å²) in [4.78, 5) is 29.1. The normalized spacial score (nSPS) is 11.4. The number of amides is 1. The smallest absolute Gasteiger partial charge is 0.548 e. The molecule has 0 bridgehead atoms. The van der Waals surface area contributed by atoms with Gasteiger partial charge in [0.15, 0.2) is 5.76 Å². The summed E-state index contributed by atoms with van der Waals surface area (Å²) < 4.78 is 11.8. The van der Waals surface area contributed by atoms with E-state index in [1.165, 1.54) is 11.8 Å². The van der Waals surface area contributed by atoms with E-state index in [4.69, 9.17) is 9.15 Å². The number of aromatic nitrogens is 1. The molecule has 1 N–H and O–H groups in total. The van der Waals surface area contributed by atoms with Crippen LogP contribution in [0.1, 0.15) is 33.7 Å². The molecule has 0 spiro atoms. The molecule has 2 aromatic heterocycles. The Morgan fingerprint density at radius 1 is 1.03 bits per heavy atom. The van der Waals surface area contributed by atoms with Crippen molar-refractivity contribution in [2.24, 2.45) is 0 Å². The van der Waals surface area contributed by atoms with Gasteiger partial charge in [-0.25, -0.2) is 0 Å². The second-order valence-corrected chi connectivity index (χ2v) is 9.78. The van der Waals surface area contributed by atoms with Crippen molar-refractivity contribution in [3.8, 4) is 22.6 Å². The van der Waals surface area contributed by atoms with E-state index in [1.54, 1.807) is 12.3 Å². The summed E-state index contributed by atoms with van der Waals surface area (Å²) in [5.41, 5.74) is 4.61. The Bertz CT molecular complexity index is 1390. The van der Waals surface area contributed by atoms with E-state index in [9.17, 15) is 14.7 Å². The molecule has 2 heterocycles. The van der Waals surface area contributed by atoms with Gasteiger partial charge in [0.05, 0.1) is 18.6 Å². The van der Waals surface area contributed by atoms with Gasteiger partial charge in [0.25, 0.3) is 5.91 Å². The van der Waals surface area contributed by atoms with Crippen molar-refractivity contribution in [3.63, 3.8) is 0 Å². The summed E-state index contributed by atoms with van der Waals surface area (Å²) in [5.74, 6) is 0.203. The number of hydrogen-bond acceptors (Lipinski definition) is 7. The largest absolute Gasteiger partial charge is 1.00 e. The Kier molecular flexibility index (Phi) is 11.5. The zero-order valence-electron chi connectivity index (χ0n) is 22.3. The first-order chi connectivity index (χ1) is 18.5. The van der Waals surface area contributed by atoms with Gasteiger partial charge < -0.3 is 24.4 Å². The molecule has 0 aliphatic heterocycles. The van der Waals surface area contributed by atoms with Gasteiger partial charge in [-0.2, -0.15) is 11.8 Å². The number of carbonyl (C=O) groups is 2. The molecule has 0 aliphatic carbocycles. The van der Waals surface area contributed by atoms with Crippen LogP contribution < -0.4 is 29.3 Å². The van der Waals surface area contributed by atoms with Gasteiger partial charge in [0.2, 0.25) is 0 Å². The number of ether oxygens (including phenoxy) is 1. The maximum absolute atomic E-state index is 13.2. The Balaban J connectivity index is 0.00000420. The third-order valence-electron chi connectivity index (χ3n) is 6.06. The average Bonchev–Trinajstić information content (AvgIpc) is 3.40. The van der Waals surface area contributed by atoms with Crippen LogP contribution in [0.15, 0.2) is 83.4 Å². The van der Waals surface area contributed by atoms with Crippen LogP contribution in [0.4, 0.5) is 0 Å². The molecule has 0 radical (unpaired) electrons. The number of aliphatic carboxylic acids is 1. The summed E-state index contributed by atoms with van der Waals surface area (Å²) in [5, 5.41) is 14.2. The van der Waals surface area contributed by atoms with Crippen molar-refractivity contribution in [3.05, 3.63) is 101 Å². The maximum atomic E-state index is 13.2. The molecule has 4 aromatic rings. The van der Waals surface area contributed by atoms with E-state index in [0.717, 1.165) is 22.4 Å². The second-order valence-electron chi connectivity index (χ2n) is 8.80. The number of hydrogen-bond donors (Lipinski definition) is 1. The molecule has 1 amide bonds. The van der Waals surface area contributed by atoms with E-state index in [-0.39, 0.29) is 31.9 Å². The number of pyridine rings is 1. The number of nitrogens with zero attached hydrogens (tertiary/aromatic N) is 1. The fourth-order valence-corrected chi connectivity index (χ4v) is 4.54. The number of thioether (sulfide) groups is 1. The number of aryl methyl sites for hydroxylation is 1. The predicted octanol–water partition coefficient (Wildman–Crippen LogP) is 1.64. The fourth-order valence-electron chi connectivity index (χ4n) is 4.07. The third kappa shape index (κ3) is 8.10. The Morgan fingerprint density at radius 3 is 2.54 bits per heavy atom. The molecule has 39 heavy (non-hydrogen) atoms. The third-order valence-corrected chi connectivity index (χ3v) is 6.70. The van der Waals surface area contributed by atoms with Crippen LogP contribution in [0, 0.1) is 6.92 Å². The molecule has 2 aromatic carbocycles. The van der Waals surface area contributed by atoms with Crippen LogP contribution in [0.5, 0.6) is 0 Å². The number of carboxylic acids is 1. The molecule has 196 valence electrons. The first-order valence-electron chi connectivity index (χ1n) is 12.2. The van der Waals surface area contributed by atoms with Crippen LogP contribution in [0.2, 0.25) is 0 Å². The zero-order valence-corrected chi connectivity index (χ0v) is 23.1. The molecule has 0 saturated heterocycles. The van der Waals surface area contributed by atoms with Crippen molar-refractivity contribution < 1.29 is 42.7 Å². The monoisotopic (exact) mass is 536 g/mol. The van der Waals surface area contributed by atoms with Gasteiger partial charge in [0.1, 0.15) is 18.1 Å². The standard InChI is InChI=1S/C30H30N2O5S.Li/c1-20-7-3-4-8-23(20)25-17-21(10-12-24(25)29(33)32-27(30(34)35)14-16-38-2)18-36-19-22-11-13-28(37-22)26-9-5-6-15-31-26;/h3-13,15,17,27H,14,16,18-19H2,1-2H3,(H,32,33)(H,34,35);/q;+1/p-1/t27-;/m0./s1. The van der Waals surface area contributed by atoms with Crippen molar-refractivity contribution in [2.45, 2.75) is 32.6 Å². The summed E-state index contributed by atoms with van der Waals surface area (Å²) >= 11 is 1.51. The van der Waals surface area contributed by atoms with E-state index in [0.29, 0.717) is 35.0 Å². The SMILES string of the molecule is CSCC[C@H](NC(=O)c1ccc(COCc2ccc(-c3ccccn3)o2)cc1-c1ccccc1C)C(=O)[O-].[Li+]. The number of nitrogens with one attached hydrogen (secondary N) is 1. The molecule has 0 unspecified atom stereocenters. The first kappa shape index (κ1) is 30.3. The van der Waals surface area contributed by atoms with Gasteiger partial charge in [-0.05, 0) is 84.0 Å². The molecule has 9 heteroatoms. The predicted molar refractivity (Wildman–Crippen MR) is 146 cm³/mol. The molecule has 0 saturated carbocycles. The number of furan rings is 1. The maximum Gasteiger partial charge on any atom is 1.00 e. The van der Waals surface area contributed by atoms with E-state index in [2.05, 4.69) is 10.3 Å². The Hall–Kier alpha value is -3.28. The minimum Gasteiger partial charge on any atom is -0.548 e. The first-order valence-corrected chi connectivity index (χ1v) is 13.6. The van der Waals surface area contributed by atoms with Crippen LogP contribution in [-0.2, 0) is 22.7 Å². The molecular weight excluding hydrogens is 507 g/mol. The van der Waals surface area contributed by atoms with Gasteiger partial charge >= 0.3 is 18.9 Å². The minimum atomic E-state index is -1.29. The number of benzene rings is 2. The van der Waals surface area contributed by atoms with Crippen molar-refractivity contribution in [2.75, 3.05) is 12.0 Å². The van der Waals surface area contributed by atoms with Crippen LogP contribution >= 0.6 is 11.8 Å². The van der Waals surface area contributed by atoms with Gasteiger partial charge in [-0.3, -0.25) is 9.78 Å². The zero-order chi connectivity index (χ0) is 26.9. The molecule has 1 atom stereocenters. The quantitative estimate of drug-likeness (QED) is 0.275. The Labute approximate surface area is 244 Å². The van der Waals surface area contributed by atoms with E-state index < -0.39 is 17.9 Å². The minimum absolute atomic E-state index is 0. The van der Waals surface area contributed by atoms with Crippen molar-refractivity contribution in [1.29, 1.82) is 0 Å². The van der Waals surface area contributed by atoms with Gasteiger partial charge in [0, 0.05) is 11.8 Å². The molecule has 4 rings (SSSR count). The van der Waals surface area contributed by atoms with Gasteiger partial charge in [-0.1, -0.05) is 36.4 Å². The number of rotatable bonds is 12. The average molecular weight is 537 g/mol.